The number of hydrogen-bond acceptors (Lipinski definition) is 12. The summed E-state index contributed by atoms with van der Waals surface area (Å²) in [6.45, 7) is 2.19. The van der Waals surface area contributed by atoms with Crippen LogP contribution in [0, 0.1) is 6.92 Å². The van der Waals surface area contributed by atoms with Crippen molar-refractivity contribution in [1.82, 2.24) is 29.9 Å². The summed E-state index contributed by atoms with van der Waals surface area (Å²) >= 11 is 0. The first-order valence-corrected chi connectivity index (χ1v) is 43.7. The Morgan fingerprint density at radius 2 is 0.524 bits per heavy atom. The molecule has 0 atom stereocenters. The largest absolute Gasteiger partial charge is 0.524 e. The van der Waals surface area contributed by atoms with Crippen LogP contribution in [0.4, 0.5) is 13.2 Å². The second kappa shape index (κ2) is 28.6. The average molecular weight is 1650 g/mol. The highest BCUT2D eigenvalue weighted by atomic mass is 32.3. The summed E-state index contributed by atoms with van der Waals surface area (Å²) in [6, 6.07) is 130. The molecule has 0 unspecified atom stereocenters. The third kappa shape index (κ3) is 11.9. The van der Waals surface area contributed by atoms with Crippen LogP contribution in [0.25, 0.3) is 177 Å². The standard InChI is InChI=1S/C53H33N3.C52H31N3O.C2H3F3O5S2/c1-32-24-26-38-42(28-32)36-18-8-9-19-37(36)43-30-45-41-27-25-35(52-55-50(33-14-4-2-5-15-33)54-51(56-52)34-16-6-3-7-17-34)29-48(41)53(49(45)31-44(38)43)46-22-12-10-20-39(46)40-21-11-13-23-47(40)53;56-34-24-26-37-41(28-34)35-17-7-8-18-36(35)42-29-44-40-25-23-33(51-54-49(31-13-3-1-4-14-31)53-50(55-51)32-15-5-2-6-16-32)27-47(40)52(48(44)30-43(37)42)45-21-11-9-19-38(45)39-20-10-12-22-46(39)52;1-11(6,7)10-12(8,9)2(3,4)5/h2-31H,1H3;1-30,56H;1H3. The molecule has 2 aromatic heterocycles. The summed E-state index contributed by atoms with van der Waals surface area (Å²) in [6.07, 6.45) is 0.191. The minimum atomic E-state index is -6.04. The number of phenols is 1. The molecule has 18 aromatic carbocycles. The molecule has 1 N–H and O–H groups in total. The monoisotopic (exact) mass is 1650 g/mol. The lowest BCUT2D eigenvalue weighted by molar-refractivity contribution is -0.0498. The van der Waals surface area contributed by atoms with E-state index in [4.69, 9.17) is 29.9 Å². The third-order valence-corrected chi connectivity index (χ3v) is 26.9. The van der Waals surface area contributed by atoms with Crippen molar-refractivity contribution in [2.24, 2.45) is 0 Å². The van der Waals surface area contributed by atoms with Crippen molar-refractivity contribution in [3.05, 3.63) is 414 Å². The molecule has 17 heteroatoms. The Bertz CT molecular complexity index is 7520. The van der Waals surface area contributed by atoms with Crippen molar-refractivity contribution in [3.63, 3.8) is 0 Å². The Morgan fingerprint density at radius 1 is 0.258 bits per heavy atom. The van der Waals surface area contributed by atoms with E-state index in [9.17, 15) is 35.1 Å². The molecule has 12 nitrogen and oxygen atoms in total. The highest BCUT2D eigenvalue weighted by molar-refractivity contribution is 7.99. The summed E-state index contributed by atoms with van der Waals surface area (Å²) in [5.41, 5.74) is 20.3. The molecule has 0 aliphatic heterocycles. The molecule has 0 fully saturated rings. The molecule has 20 aromatic rings. The van der Waals surface area contributed by atoms with Gasteiger partial charge in [0.15, 0.2) is 34.9 Å². The Balaban J connectivity index is 0.000000130. The first-order chi connectivity index (χ1) is 60.3. The average Bonchev–Trinajstić information content (AvgIpc) is 1.51. The number of benzene rings is 18. The van der Waals surface area contributed by atoms with Crippen LogP contribution in [0.2, 0.25) is 0 Å². The number of aryl methyl sites for hydroxylation is 1. The highest BCUT2D eigenvalue weighted by Crippen LogP contribution is 2.66. The number of aromatic nitrogens is 6. The summed E-state index contributed by atoms with van der Waals surface area (Å²) in [5.74, 6) is 4.15. The summed E-state index contributed by atoms with van der Waals surface area (Å²) in [5, 5.41) is 25.2. The molecule has 124 heavy (non-hydrogen) atoms. The Labute approximate surface area is 710 Å². The van der Waals surface area contributed by atoms with Crippen LogP contribution >= 0.6 is 0 Å². The molecule has 0 saturated heterocycles. The zero-order valence-corrected chi connectivity index (χ0v) is 67.9. The highest BCUT2D eigenvalue weighted by Gasteiger charge is 2.54. The fraction of sp³-hybridized carbons (Fsp3) is 0.0467. The van der Waals surface area contributed by atoms with E-state index in [-0.39, 0.29) is 12.0 Å². The van der Waals surface area contributed by atoms with Crippen LogP contribution in [0.5, 0.6) is 5.75 Å². The quantitative estimate of drug-likeness (QED) is 0.113. The number of rotatable bonds is 8. The maximum atomic E-state index is 11.4. The number of halogens is 3. The molecule has 4 aliphatic carbocycles. The minimum absolute atomic E-state index is 0.191. The van der Waals surface area contributed by atoms with Gasteiger partial charge in [0.2, 0.25) is 0 Å². The van der Waals surface area contributed by atoms with E-state index in [0.717, 1.165) is 49.5 Å². The van der Waals surface area contributed by atoms with Crippen LogP contribution in [-0.4, -0.2) is 63.6 Å². The van der Waals surface area contributed by atoms with Gasteiger partial charge in [0.25, 0.3) is 10.1 Å². The maximum Gasteiger partial charge on any atom is 0.524 e. The number of hydrogen-bond donors (Lipinski definition) is 1. The first kappa shape index (κ1) is 75.2. The molecule has 0 bridgehead atoms. The lowest BCUT2D eigenvalue weighted by atomic mass is 9.70. The van der Waals surface area contributed by atoms with Gasteiger partial charge in [0.1, 0.15) is 5.75 Å². The van der Waals surface area contributed by atoms with Gasteiger partial charge in [0.05, 0.1) is 17.1 Å². The van der Waals surface area contributed by atoms with Crippen molar-refractivity contribution >= 4 is 84.9 Å². The second-order valence-corrected chi connectivity index (χ2v) is 35.0. The van der Waals surface area contributed by atoms with Crippen molar-refractivity contribution < 1.29 is 38.7 Å². The van der Waals surface area contributed by atoms with Crippen molar-refractivity contribution in [2.75, 3.05) is 6.26 Å². The fourth-order valence-electron chi connectivity index (χ4n) is 19.6. The van der Waals surface area contributed by atoms with Crippen LogP contribution < -0.4 is 0 Å². The Morgan fingerprint density at radius 3 is 0.855 bits per heavy atom. The van der Waals surface area contributed by atoms with E-state index in [1.807, 2.05) is 109 Å². The zero-order chi connectivity index (χ0) is 84.1. The molecule has 2 heterocycles. The fourth-order valence-corrected chi connectivity index (χ4v) is 21.2. The molecule has 24 rings (SSSR count). The van der Waals surface area contributed by atoms with Gasteiger partial charge in [-0.1, -0.05) is 321 Å². The molecular weight excluding hydrogens is 1590 g/mol. The van der Waals surface area contributed by atoms with E-state index < -0.39 is 36.6 Å². The Hall–Kier alpha value is -15.0. The minimum Gasteiger partial charge on any atom is -0.508 e. The second-order valence-electron chi connectivity index (χ2n) is 31.7. The van der Waals surface area contributed by atoms with E-state index in [1.54, 1.807) is 0 Å². The lowest BCUT2D eigenvalue weighted by Crippen LogP contribution is -2.27. The first-order valence-electron chi connectivity index (χ1n) is 40.5. The van der Waals surface area contributed by atoms with E-state index in [2.05, 4.69) is 265 Å². The number of fused-ring (bicyclic) bond motifs is 32. The number of alkyl halides is 3. The summed E-state index contributed by atoms with van der Waals surface area (Å²) in [4.78, 5) is 30.6. The van der Waals surface area contributed by atoms with Crippen molar-refractivity contribution in [2.45, 2.75) is 23.3 Å². The van der Waals surface area contributed by atoms with Crippen LogP contribution in [0.1, 0.15) is 50.1 Å². The molecule has 594 valence electrons. The SMILES string of the molecule is CS(=O)(=O)OS(=O)(=O)C(F)(F)F.Cc1ccc2c(c1)c1ccccc1c1cc3c(cc21)C1(c2ccccc2-c2ccccc21)c1cc(-c2nc(-c4ccccc4)nc(-c4ccccc4)n2)ccc1-3.Oc1ccc2c(c1)c1ccccc1c1cc3c(cc21)C1(c2ccccc2-c2ccccc21)c1cc(-c2nc(-c4ccccc4)nc(-c4ccccc4)n2)ccc1-3. The number of aromatic hydroxyl groups is 1. The van der Waals surface area contributed by atoms with Gasteiger partial charge in [-0.2, -0.15) is 30.0 Å². The van der Waals surface area contributed by atoms with Gasteiger partial charge < -0.3 is 5.11 Å². The Kier molecular flexibility index (Phi) is 17.3. The predicted octanol–water partition coefficient (Wildman–Crippen LogP) is 25.2. The van der Waals surface area contributed by atoms with Crippen LogP contribution in [-0.2, 0) is 34.7 Å². The maximum absolute atomic E-state index is 11.4. The smallest absolute Gasteiger partial charge is 0.508 e. The number of nitrogens with zero attached hydrogens (tertiary/aromatic N) is 6. The van der Waals surface area contributed by atoms with Gasteiger partial charge in [-0.25, -0.2) is 29.9 Å². The van der Waals surface area contributed by atoms with Crippen LogP contribution in [0.3, 0.4) is 0 Å². The number of phenolic OH excluding ortho intramolecular Hbond substituents is 1. The van der Waals surface area contributed by atoms with Crippen molar-refractivity contribution in [1.29, 1.82) is 0 Å². The molecular formula is C107H67F3N6O6S2. The molecule has 0 radical (unpaired) electrons. The lowest BCUT2D eigenvalue weighted by Gasteiger charge is -2.31. The van der Waals surface area contributed by atoms with E-state index in [0.29, 0.717) is 34.9 Å². The summed E-state index contributed by atoms with van der Waals surface area (Å²) in [7, 11) is -10.7. The van der Waals surface area contributed by atoms with E-state index in [1.165, 1.54) is 143 Å². The predicted molar refractivity (Wildman–Crippen MR) is 487 cm³/mol. The molecule has 0 saturated carbocycles. The van der Waals surface area contributed by atoms with Crippen molar-refractivity contribution in [3.8, 4) is 119 Å². The van der Waals surface area contributed by atoms with Gasteiger partial charge in [-0.3, -0.25) is 0 Å². The topological polar surface area (TPSA) is 175 Å². The third-order valence-electron chi connectivity index (χ3n) is 24.6. The normalized spacial score (nSPS) is 13.4. The zero-order valence-electron chi connectivity index (χ0n) is 66.3. The molecule has 0 amide bonds. The molecule has 4 aliphatic rings. The van der Waals surface area contributed by atoms with Gasteiger partial charge in [0, 0.05) is 33.4 Å². The van der Waals surface area contributed by atoms with Gasteiger partial charge in [-0.05, 0) is 209 Å². The van der Waals surface area contributed by atoms with Crippen LogP contribution in [0.15, 0.2) is 364 Å². The van der Waals surface area contributed by atoms with Gasteiger partial charge >= 0.3 is 15.6 Å². The van der Waals surface area contributed by atoms with E-state index >= 15 is 0 Å². The molecule has 2 spiro atoms. The van der Waals surface area contributed by atoms with Gasteiger partial charge in [-0.15, -0.1) is 3.63 Å². The summed E-state index contributed by atoms with van der Waals surface area (Å²) < 4.78 is 76.8.